The fourth-order valence-corrected chi connectivity index (χ4v) is 6.80. The SMILES string of the molecule is CCn1c2ccccc2c2cc(-c3ccc(-c4ccc5c(c4)c4ccccc4n5C)c4nsnc34)ccc21. The molecule has 0 aliphatic heterocycles. The van der Waals surface area contributed by atoms with Gasteiger partial charge in [0.05, 0.1) is 11.7 Å². The first kappa shape index (κ1) is 21.6. The zero-order valence-electron chi connectivity index (χ0n) is 21.1. The average Bonchev–Trinajstić information content (AvgIpc) is 3.66. The highest BCUT2D eigenvalue weighted by Crippen LogP contribution is 2.39. The Morgan fingerprint density at radius 1 is 0.579 bits per heavy atom. The van der Waals surface area contributed by atoms with Gasteiger partial charge in [-0.25, -0.2) is 0 Å². The monoisotopic (exact) mass is 508 g/mol. The van der Waals surface area contributed by atoms with Gasteiger partial charge in [-0.3, -0.25) is 0 Å². The van der Waals surface area contributed by atoms with Crippen LogP contribution >= 0.6 is 11.7 Å². The highest BCUT2D eigenvalue weighted by atomic mass is 32.1. The van der Waals surface area contributed by atoms with Crippen molar-refractivity contribution in [3.05, 3.63) is 97.1 Å². The molecule has 0 spiro atoms. The lowest BCUT2D eigenvalue weighted by atomic mass is 9.96. The van der Waals surface area contributed by atoms with E-state index in [-0.39, 0.29) is 0 Å². The predicted molar refractivity (Wildman–Crippen MR) is 161 cm³/mol. The smallest absolute Gasteiger partial charge is 0.113 e. The maximum absolute atomic E-state index is 4.78. The van der Waals surface area contributed by atoms with Crippen molar-refractivity contribution in [2.24, 2.45) is 7.05 Å². The quantitative estimate of drug-likeness (QED) is 0.239. The molecule has 0 radical (unpaired) electrons. The summed E-state index contributed by atoms with van der Waals surface area (Å²) in [5.74, 6) is 0. The maximum Gasteiger partial charge on any atom is 0.113 e. The molecule has 0 fully saturated rings. The van der Waals surface area contributed by atoms with Crippen LogP contribution in [0.5, 0.6) is 0 Å². The second-order valence-corrected chi connectivity index (χ2v) is 10.5. The minimum Gasteiger partial charge on any atom is -0.344 e. The number of rotatable bonds is 3. The van der Waals surface area contributed by atoms with Gasteiger partial charge in [0.1, 0.15) is 11.0 Å². The van der Waals surface area contributed by atoms with Crippen LogP contribution in [0.1, 0.15) is 6.92 Å². The molecule has 0 atom stereocenters. The Balaban J connectivity index is 1.32. The van der Waals surface area contributed by atoms with Crippen LogP contribution in [-0.2, 0) is 13.6 Å². The summed E-state index contributed by atoms with van der Waals surface area (Å²) in [4.78, 5) is 0. The van der Waals surface area contributed by atoms with Crippen molar-refractivity contribution in [3.8, 4) is 22.3 Å². The predicted octanol–water partition coefficient (Wildman–Crippen LogP) is 8.80. The second-order valence-electron chi connectivity index (χ2n) is 9.92. The van der Waals surface area contributed by atoms with Crippen LogP contribution in [0.3, 0.4) is 0 Å². The van der Waals surface area contributed by atoms with Gasteiger partial charge < -0.3 is 9.13 Å². The molecule has 3 aromatic heterocycles. The van der Waals surface area contributed by atoms with Crippen molar-refractivity contribution in [2.45, 2.75) is 13.5 Å². The van der Waals surface area contributed by atoms with Crippen LogP contribution in [-0.4, -0.2) is 17.9 Å². The second kappa shape index (κ2) is 8.01. The third-order valence-electron chi connectivity index (χ3n) is 8.04. The van der Waals surface area contributed by atoms with Crippen molar-refractivity contribution >= 4 is 66.4 Å². The Kier molecular flexibility index (Phi) is 4.55. The normalized spacial score (nSPS) is 12.1. The van der Waals surface area contributed by atoms with Crippen LogP contribution in [0.15, 0.2) is 97.1 Å². The zero-order chi connectivity index (χ0) is 25.4. The number of hydrogen-bond donors (Lipinski definition) is 0. The molecule has 182 valence electrons. The molecular weight excluding hydrogens is 484 g/mol. The Bertz CT molecular complexity index is 2190. The zero-order valence-corrected chi connectivity index (χ0v) is 22.0. The summed E-state index contributed by atoms with van der Waals surface area (Å²) in [7, 11) is 2.14. The van der Waals surface area contributed by atoms with Crippen molar-refractivity contribution < 1.29 is 0 Å². The van der Waals surface area contributed by atoms with Crippen molar-refractivity contribution in [2.75, 3.05) is 0 Å². The third kappa shape index (κ3) is 2.91. The molecule has 0 amide bonds. The Morgan fingerprint density at radius 2 is 1.08 bits per heavy atom. The van der Waals surface area contributed by atoms with E-state index in [2.05, 4.69) is 120 Å². The number of fused-ring (bicyclic) bond motifs is 7. The highest BCUT2D eigenvalue weighted by molar-refractivity contribution is 7.00. The van der Waals surface area contributed by atoms with Gasteiger partial charge >= 0.3 is 0 Å². The highest BCUT2D eigenvalue weighted by Gasteiger charge is 2.17. The molecule has 5 aromatic carbocycles. The molecule has 8 aromatic rings. The minimum atomic E-state index is 0.944. The van der Waals surface area contributed by atoms with Gasteiger partial charge in [0, 0.05) is 68.3 Å². The molecule has 0 saturated heterocycles. The number of nitrogens with zero attached hydrogens (tertiary/aromatic N) is 4. The Morgan fingerprint density at radius 3 is 1.74 bits per heavy atom. The van der Waals surface area contributed by atoms with Crippen molar-refractivity contribution in [1.82, 2.24) is 17.9 Å². The summed E-state index contributed by atoms with van der Waals surface area (Å²) in [5.41, 5.74) is 11.5. The van der Waals surface area contributed by atoms with Gasteiger partial charge in [-0.2, -0.15) is 8.75 Å². The summed E-state index contributed by atoms with van der Waals surface area (Å²) in [6.07, 6.45) is 0. The van der Waals surface area contributed by atoms with Gasteiger partial charge in [0.25, 0.3) is 0 Å². The molecule has 8 rings (SSSR count). The summed E-state index contributed by atoms with van der Waals surface area (Å²) >= 11 is 1.29. The first-order chi connectivity index (χ1) is 18.7. The maximum atomic E-state index is 4.78. The van der Waals surface area contributed by atoms with E-state index in [1.807, 2.05) is 0 Å². The molecule has 0 aliphatic carbocycles. The van der Waals surface area contributed by atoms with Crippen molar-refractivity contribution in [1.29, 1.82) is 0 Å². The molecular formula is C33H24N4S. The Labute approximate surface area is 223 Å². The van der Waals surface area contributed by atoms with E-state index in [1.54, 1.807) is 0 Å². The lowest BCUT2D eigenvalue weighted by molar-refractivity contribution is 0.827. The molecule has 38 heavy (non-hydrogen) atoms. The van der Waals surface area contributed by atoms with Crippen LogP contribution in [0.25, 0.3) is 76.9 Å². The van der Waals surface area contributed by atoms with Gasteiger partial charge in [0.2, 0.25) is 0 Å². The summed E-state index contributed by atoms with van der Waals surface area (Å²) in [6, 6.07) is 35.2. The number of aromatic nitrogens is 4. The van der Waals surface area contributed by atoms with Crippen LogP contribution < -0.4 is 0 Å². The summed E-state index contributed by atoms with van der Waals surface area (Å²) < 4.78 is 14.2. The van der Waals surface area contributed by atoms with Crippen LogP contribution in [0.4, 0.5) is 0 Å². The molecule has 0 bridgehead atoms. The molecule has 5 heteroatoms. The van der Waals surface area contributed by atoms with Gasteiger partial charge in [-0.05, 0) is 54.4 Å². The summed E-state index contributed by atoms with van der Waals surface area (Å²) in [6.45, 7) is 3.15. The number of aryl methyl sites for hydroxylation is 2. The average molecular weight is 509 g/mol. The number of hydrogen-bond acceptors (Lipinski definition) is 3. The summed E-state index contributed by atoms with van der Waals surface area (Å²) in [5, 5.41) is 5.11. The lowest BCUT2D eigenvalue weighted by Crippen LogP contribution is -1.92. The van der Waals surface area contributed by atoms with E-state index >= 15 is 0 Å². The topological polar surface area (TPSA) is 35.6 Å². The van der Waals surface area contributed by atoms with Crippen LogP contribution in [0, 0.1) is 0 Å². The largest absolute Gasteiger partial charge is 0.344 e. The first-order valence-electron chi connectivity index (χ1n) is 13.0. The van der Waals surface area contributed by atoms with Gasteiger partial charge in [-0.15, -0.1) is 0 Å². The van der Waals surface area contributed by atoms with E-state index in [4.69, 9.17) is 8.75 Å². The van der Waals surface area contributed by atoms with E-state index in [1.165, 1.54) is 66.5 Å². The van der Waals surface area contributed by atoms with E-state index < -0.39 is 0 Å². The number of benzene rings is 5. The molecule has 0 N–H and O–H groups in total. The number of para-hydroxylation sites is 2. The molecule has 3 heterocycles. The first-order valence-corrected chi connectivity index (χ1v) is 13.7. The lowest BCUT2D eigenvalue weighted by Gasteiger charge is -2.09. The molecule has 0 unspecified atom stereocenters. The molecule has 4 nitrogen and oxygen atoms in total. The fraction of sp³-hybridized carbons (Fsp3) is 0.0909. The van der Waals surface area contributed by atoms with Crippen LogP contribution in [0.2, 0.25) is 0 Å². The molecule has 0 aliphatic rings. The van der Waals surface area contributed by atoms with E-state index in [0.717, 1.165) is 28.7 Å². The Hall–Kier alpha value is -4.48. The van der Waals surface area contributed by atoms with Crippen molar-refractivity contribution in [3.63, 3.8) is 0 Å². The standard InChI is InChI=1S/C33H24N4S/c1-3-37-30-11-7-5-9-25(30)27-19-21(13-17-31(27)37)23-15-14-22(32-33(23)35-38-34-32)20-12-16-29-26(18-20)24-8-4-6-10-28(24)36(29)2/h4-19H,3H2,1-2H3. The third-order valence-corrected chi connectivity index (χ3v) is 8.57. The fourth-order valence-electron chi connectivity index (χ4n) is 6.23. The van der Waals surface area contributed by atoms with E-state index in [0.29, 0.717) is 0 Å². The van der Waals surface area contributed by atoms with Gasteiger partial charge in [0.15, 0.2) is 0 Å². The van der Waals surface area contributed by atoms with E-state index in [9.17, 15) is 0 Å². The molecule has 0 saturated carbocycles. The minimum absolute atomic E-state index is 0.944. The van der Waals surface area contributed by atoms with Gasteiger partial charge in [-0.1, -0.05) is 60.7 Å².